The number of halogens is 1. The number of carbonyl (C=O) groups excluding carboxylic acids is 1. The molecule has 1 amide bonds. The van der Waals surface area contributed by atoms with Crippen LogP contribution in [0.5, 0.6) is 0 Å². The number of hydrogen-bond donors (Lipinski definition) is 1. The van der Waals surface area contributed by atoms with E-state index in [0.29, 0.717) is 34.8 Å². The van der Waals surface area contributed by atoms with E-state index in [1.165, 1.54) is 0 Å². The molecule has 0 saturated carbocycles. The summed E-state index contributed by atoms with van der Waals surface area (Å²) in [4.78, 5) is 30.5. The molecule has 1 fully saturated rings. The summed E-state index contributed by atoms with van der Waals surface area (Å²) in [6.07, 6.45) is 0. The number of aromatic nitrogens is 1. The molecule has 2 heterocycles. The van der Waals surface area contributed by atoms with Crippen LogP contribution in [0.3, 0.4) is 0 Å². The quantitative estimate of drug-likeness (QED) is 0.765. The van der Waals surface area contributed by atoms with Crippen LogP contribution in [0.2, 0.25) is 5.02 Å². The van der Waals surface area contributed by atoms with Crippen molar-refractivity contribution in [2.45, 2.75) is 0 Å². The van der Waals surface area contributed by atoms with E-state index in [1.807, 2.05) is 17.0 Å². The highest BCUT2D eigenvalue weighted by atomic mass is 35.5. The van der Waals surface area contributed by atoms with E-state index in [0.717, 1.165) is 18.8 Å². The monoisotopic (exact) mass is 357 g/mol. The molecule has 25 heavy (non-hydrogen) atoms. The number of piperazine rings is 1. The molecule has 128 valence electrons. The van der Waals surface area contributed by atoms with E-state index in [2.05, 4.69) is 9.88 Å². The first-order chi connectivity index (χ1) is 12.1. The molecule has 0 atom stereocenters. The zero-order valence-corrected chi connectivity index (χ0v) is 14.1. The summed E-state index contributed by atoms with van der Waals surface area (Å²) in [5.74, 6) is -0.458. The van der Waals surface area contributed by atoms with Crippen LogP contribution in [-0.2, 0) is 0 Å². The number of anilines is 1. The Balaban J connectivity index is 1.46. The average molecular weight is 358 g/mol. The molecule has 1 aliphatic heterocycles. The standard InChI is InChI=1S/C18H16ClN3O3/c19-13-3-1-2-12(10-13)17(23)22-8-6-21(7-9-22)14-4-5-16-15(11-14)20-18(24)25-16/h1-5,10-11H,6-9H2,(H,20,24). The smallest absolute Gasteiger partial charge is 0.408 e. The molecule has 0 spiro atoms. The van der Waals surface area contributed by atoms with Crippen LogP contribution in [-0.4, -0.2) is 42.0 Å². The highest BCUT2D eigenvalue weighted by molar-refractivity contribution is 6.30. The summed E-state index contributed by atoms with van der Waals surface area (Å²) >= 11 is 5.97. The van der Waals surface area contributed by atoms with Crippen LogP contribution in [0.4, 0.5) is 5.69 Å². The third kappa shape index (κ3) is 3.13. The topological polar surface area (TPSA) is 69.6 Å². The van der Waals surface area contributed by atoms with Crippen LogP contribution in [0, 0.1) is 0 Å². The predicted molar refractivity (Wildman–Crippen MR) is 96.4 cm³/mol. The summed E-state index contributed by atoms with van der Waals surface area (Å²) in [7, 11) is 0. The number of carbonyl (C=O) groups is 1. The Morgan fingerprint density at radius 1 is 1.08 bits per heavy atom. The maximum absolute atomic E-state index is 12.6. The van der Waals surface area contributed by atoms with E-state index in [1.54, 1.807) is 30.3 Å². The molecular formula is C18H16ClN3O3. The number of amides is 1. The Labute approximate surface area is 148 Å². The lowest BCUT2D eigenvalue weighted by Crippen LogP contribution is -2.48. The van der Waals surface area contributed by atoms with Gasteiger partial charge in [0.2, 0.25) is 0 Å². The van der Waals surface area contributed by atoms with Crippen LogP contribution in [0.15, 0.2) is 51.7 Å². The molecular weight excluding hydrogens is 342 g/mol. The maximum atomic E-state index is 12.6. The minimum absolute atomic E-state index is 0.00299. The van der Waals surface area contributed by atoms with Crippen LogP contribution in [0.1, 0.15) is 10.4 Å². The molecule has 0 bridgehead atoms. The predicted octanol–water partition coefficient (Wildman–Crippen LogP) is 2.74. The van der Waals surface area contributed by atoms with Crippen molar-refractivity contribution in [1.82, 2.24) is 9.88 Å². The zero-order chi connectivity index (χ0) is 17.4. The number of aromatic amines is 1. The number of fused-ring (bicyclic) bond motifs is 1. The second-order valence-corrected chi connectivity index (χ2v) is 6.42. The molecule has 0 aliphatic carbocycles. The highest BCUT2D eigenvalue weighted by Crippen LogP contribution is 2.22. The molecule has 1 saturated heterocycles. The van der Waals surface area contributed by atoms with Gasteiger partial charge in [-0.3, -0.25) is 9.78 Å². The summed E-state index contributed by atoms with van der Waals surface area (Å²) in [6.45, 7) is 2.70. The van der Waals surface area contributed by atoms with Gasteiger partial charge in [-0.05, 0) is 36.4 Å². The van der Waals surface area contributed by atoms with Crippen LogP contribution >= 0.6 is 11.6 Å². The number of benzene rings is 2. The van der Waals surface area contributed by atoms with Gasteiger partial charge in [0.15, 0.2) is 5.58 Å². The fourth-order valence-corrected chi connectivity index (χ4v) is 3.30. The Morgan fingerprint density at radius 2 is 1.88 bits per heavy atom. The molecule has 7 heteroatoms. The molecule has 4 rings (SSSR count). The lowest BCUT2D eigenvalue weighted by Gasteiger charge is -2.36. The molecule has 1 aliphatic rings. The summed E-state index contributed by atoms with van der Waals surface area (Å²) in [5, 5.41) is 0.562. The number of hydrogen-bond acceptors (Lipinski definition) is 4. The van der Waals surface area contributed by atoms with Gasteiger partial charge >= 0.3 is 5.76 Å². The van der Waals surface area contributed by atoms with Crippen molar-refractivity contribution in [3.63, 3.8) is 0 Å². The third-order valence-electron chi connectivity index (χ3n) is 4.41. The molecule has 1 N–H and O–H groups in total. The van der Waals surface area contributed by atoms with E-state index >= 15 is 0 Å². The van der Waals surface area contributed by atoms with E-state index < -0.39 is 5.76 Å². The summed E-state index contributed by atoms with van der Waals surface area (Å²) < 4.78 is 5.02. The fourth-order valence-electron chi connectivity index (χ4n) is 3.11. The normalized spacial score (nSPS) is 14.9. The van der Waals surface area contributed by atoms with Gasteiger partial charge in [-0.25, -0.2) is 4.79 Å². The first-order valence-electron chi connectivity index (χ1n) is 8.03. The van der Waals surface area contributed by atoms with Gasteiger partial charge in [0.05, 0.1) is 5.52 Å². The van der Waals surface area contributed by atoms with Gasteiger partial charge < -0.3 is 14.2 Å². The number of rotatable bonds is 2. The highest BCUT2D eigenvalue weighted by Gasteiger charge is 2.22. The number of H-pyrrole nitrogens is 1. The van der Waals surface area contributed by atoms with Gasteiger partial charge in [-0.15, -0.1) is 0 Å². The minimum Gasteiger partial charge on any atom is -0.408 e. The lowest BCUT2D eigenvalue weighted by atomic mass is 10.1. The van der Waals surface area contributed by atoms with E-state index in [-0.39, 0.29) is 5.91 Å². The lowest BCUT2D eigenvalue weighted by molar-refractivity contribution is 0.0747. The largest absolute Gasteiger partial charge is 0.417 e. The molecule has 0 unspecified atom stereocenters. The maximum Gasteiger partial charge on any atom is 0.417 e. The third-order valence-corrected chi connectivity index (χ3v) is 4.64. The van der Waals surface area contributed by atoms with Gasteiger partial charge in [0, 0.05) is 42.5 Å². The molecule has 1 aromatic heterocycles. The van der Waals surface area contributed by atoms with E-state index in [9.17, 15) is 9.59 Å². The Kier molecular flexibility index (Phi) is 3.97. The number of oxazole rings is 1. The molecule has 0 radical (unpaired) electrons. The second kappa shape index (κ2) is 6.29. The molecule has 3 aromatic rings. The molecule has 2 aromatic carbocycles. The molecule has 6 nitrogen and oxygen atoms in total. The SMILES string of the molecule is O=C(c1cccc(Cl)c1)N1CCN(c2ccc3oc(=O)[nH]c3c2)CC1. The van der Waals surface area contributed by atoms with Gasteiger partial charge in [0.1, 0.15) is 0 Å². The van der Waals surface area contributed by atoms with Crippen LogP contribution < -0.4 is 10.7 Å². The van der Waals surface area contributed by atoms with Crippen molar-refractivity contribution in [3.8, 4) is 0 Å². The first-order valence-corrected chi connectivity index (χ1v) is 8.40. The summed E-state index contributed by atoms with van der Waals surface area (Å²) in [5.41, 5.74) is 2.83. The first kappa shape index (κ1) is 15.8. The van der Waals surface area contributed by atoms with Crippen LogP contribution in [0.25, 0.3) is 11.1 Å². The Bertz CT molecular complexity index is 986. The van der Waals surface area contributed by atoms with Crippen molar-refractivity contribution >= 4 is 34.3 Å². The second-order valence-electron chi connectivity index (χ2n) is 5.98. The number of nitrogens with zero attached hydrogens (tertiary/aromatic N) is 2. The Hall–Kier alpha value is -2.73. The van der Waals surface area contributed by atoms with Crippen molar-refractivity contribution in [2.75, 3.05) is 31.1 Å². The average Bonchev–Trinajstić information content (AvgIpc) is 3.00. The minimum atomic E-state index is -0.455. The van der Waals surface area contributed by atoms with Gasteiger partial charge in [0.25, 0.3) is 5.91 Å². The fraction of sp³-hybridized carbons (Fsp3) is 0.222. The van der Waals surface area contributed by atoms with Crippen molar-refractivity contribution < 1.29 is 9.21 Å². The Morgan fingerprint density at radius 3 is 2.64 bits per heavy atom. The van der Waals surface area contributed by atoms with Gasteiger partial charge in [-0.1, -0.05) is 17.7 Å². The van der Waals surface area contributed by atoms with Crippen molar-refractivity contribution in [3.05, 3.63) is 63.6 Å². The van der Waals surface area contributed by atoms with Crippen molar-refractivity contribution in [1.29, 1.82) is 0 Å². The zero-order valence-electron chi connectivity index (χ0n) is 13.4. The summed E-state index contributed by atoms with van der Waals surface area (Å²) in [6, 6.07) is 12.6. The van der Waals surface area contributed by atoms with E-state index in [4.69, 9.17) is 16.0 Å². The van der Waals surface area contributed by atoms with Gasteiger partial charge in [-0.2, -0.15) is 0 Å². The van der Waals surface area contributed by atoms with Crippen molar-refractivity contribution in [2.24, 2.45) is 0 Å². The number of nitrogens with one attached hydrogen (secondary N) is 1.